The number of amides is 1. The van der Waals surface area contributed by atoms with Crippen molar-refractivity contribution >= 4 is 23.4 Å². The Balaban J connectivity index is 1.81. The topological polar surface area (TPSA) is 49.3 Å². The highest BCUT2D eigenvalue weighted by molar-refractivity contribution is 8.00. The number of carbonyl (C=O) groups excluding carboxylic acids is 1. The molecule has 5 heteroatoms. The lowest BCUT2D eigenvalue weighted by molar-refractivity contribution is -0.123. The summed E-state index contributed by atoms with van der Waals surface area (Å²) < 4.78 is 14.1. The first-order valence-corrected chi connectivity index (χ1v) is 7.91. The number of anilines is 1. The predicted molar refractivity (Wildman–Crippen MR) is 77.3 cm³/mol. The molecule has 0 saturated heterocycles. The quantitative estimate of drug-likeness (QED) is 0.878. The Morgan fingerprint density at radius 2 is 2.20 bits per heavy atom. The molecule has 3 atom stereocenters. The van der Waals surface area contributed by atoms with Crippen LogP contribution in [0.5, 0.6) is 0 Å². The number of nitrogens with one attached hydrogen (secondary N) is 1. The Bertz CT molecular complexity index is 549. The van der Waals surface area contributed by atoms with Crippen molar-refractivity contribution in [2.75, 3.05) is 5.32 Å². The number of halogens is 1. The molecule has 0 spiro atoms. The molecule has 1 saturated carbocycles. The van der Waals surface area contributed by atoms with E-state index in [4.69, 9.17) is 0 Å². The fraction of sp³-hybridized carbons (Fsp3) is 0.533. The number of hydrogen-bond acceptors (Lipinski definition) is 3. The largest absolute Gasteiger partial charge is 0.378 e. The zero-order chi connectivity index (χ0) is 14.3. The van der Waals surface area contributed by atoms with E-state index < -0.39 is 12.0 Å². The third-order valence-corrected chi connectivity index (χ3v) is 5.42. The van der Waals surface area contributed by atoms with Crippen LogP contribution in [0.4, 0.5) is 10.1 Å². The molecule has 1 aromatic rings. The maximum Gasteiger partial charge on any atom is 0.257 e. The average Bonchev–Trinajstić information content (AvgIpc) is 2.66. The Hall–Kier alpha value is -1.07. The van der Waals surface area contributed by atoms with Gasteiger partial charge in [-0.25, -0.2) is 4.39 Å². The summed E-state index contributed by atoms with van der Waals surface area (Å²) in [6.45, 7) is 2.24. The van der Waals surface area contributed by atoms with E-state index >= 15 is 0 Å². The first-order valence-electron chi connectivity index (χ1n) is 7.03. The molecular formula is C15H18FNO2S. The summed E-state index contributed by atoms with van der Waals surface area (Å²) in [5.74, 6) is -0.129. The lowest BCUT2D eigenvalue weighted by Crippen LogP contribution is -2.15. The summed E-state index contributed by atoms with van der Waals surface area (Å²) in [7, 11) is 0. The Kier molecular flexibility index (Phi) is 3.73. The minimum Gasteiger partial charge on any atom is -0.378 e. The van der Waals surface area contributed by atoms with E-state index in [1.54, 1.807) is 17.8 Å². The van der Waals surface area contributed by atoms with Crippen LogP contribution in [0.15, 0.2) is 17.0 Å². The van der Waals surface area contributed by atoms with E-state index in [9.17, 15) is 14.3 Å². The van der Waals surface area contributed by atoms with Gasteiger partial charge in [-0.15, -0.1) is 11.8 Å². The van der Waals surface area contributed by atoms with E-state index in [1.807, 2.05) is 0 Å². The summed E-state index contributed by atoms with van der Waals surface area (Å²) in [6.07, 6.45) is 3.43. The molecule has 1 fully saturated rings. The van der Waals surface area contributed by atoms with Crippen molar-refractivity contribution in [3.63, 3.8) is 0 Å². The monoisotopic (exact) mass is 295 g/mol. The summed E-state index contributed by atoms with van der Waals surface area (Å²) >= 11 is 1.56. The van der Waals surface area contributed by atoms with Crippen LogP contribution in [0.1, 0.15) is 44.3 Å². The smallest absolute Gasteiger partial charge is 0.257 e. The van der Waals surface area contributed by atoms with E-state index in [1.165, 1.54) is 18.9 Å². The molecule has 108 valence electrons. The number of fused-ring (bicyclic) bond motifs is 1. The van der Waals surface area contributed by atoms with Crippen molar-refractivity contribution in [2.45, 2.75) is 48.9 Å². The third-order valence-electron chi connectivity index (χ3n) is 4.09. The molecular weight excluding hydrogens is 277 g/mol. The van der Waals surface area contributed by atoms with Gasteiger partial charge in [0.1, 0.15) is 5.82 Å². The second-order valence-corrected chi connectivity index (χ2v) is 7.12. The summed E-state index contributed by atoms with van der Waals surface area (Å²) in [4.78, 5) is 12.0. The highest BCUT2D eigenvalue weighted by Crippen LogP contribution is 2.41. The molecule has 3 rings (SSSR count). The van der Waals surface area contributed by atoms with Gasteiger partial charge in [0.15, 0.2) is 6.10 Å². The van der Waals surface area contributed by atoms with E-state index in [2.05, 4.69) is 12.2 Å². The summed E-state index contributed by atoms with van der Waals surface area (Å²) in [5, 5.41) is 12.7. The molecule has 2 aliphatic rings. The van der Waals surface area contributed by atoms with Crippen LogP contribution in [-0.4, -0.2) is 16.3 Å². The zero-order valence-corrected chi connectivity index (χ0v) is 12.2. The van der Waals surface area contributed by atoms with Crippen LogP contribution in [0.25, 0.3) is 0 Å². The maximum absolute atomic E-state index is 14.1. The minimum atomic E-state index is -1.24. The number of carbonyl (C=O) groups is 1. The minimum absolute atomic E-state index is 0.342. The van der Waals surface area contributed by atoms with Crippen LogP contribution in [0.2, 0.25) is 0 Å². The van der Waals surface area contributed by atoms with E-state index in [-0.39, 0.29) is 5.82 Å². The van der Waals surface area contributed by atoms with Gasteiger partial charge in [0.2, 0.25) is 0 Å². The zero-order valence-electron chi connectivity index (χ0n) is 11.4. The first-order chi connectivity index (χ1) is 9.54. The molecule has 1 aliphatic carbocycles. The van der Waals surface area contributed by atoms with Gasteiger partial charge in [-0.1, -0.05) is 19.8 Å². The number of aliphatic hydroxyl groups excluding tert-OH is 1. The standard InChI is InChI=1S/C15H18FNO2S/c1-8-3-2-4-9(5-8)20-13-7-12-10(6-11(13)16)14(18)15(19)17-12/h6-9,14,18H,2-5H2,1H3,(H,17,19). The van der Waals surface area contributed by atoms with Crippen molar-refractivity contribution in [1.29, 1.82) is 0 Å². The Morgan fingerprint density at radius 1 is 1.40 bits per heavy atom. The lowest BCUT2D eigenvalue weighted by atomic mass is 9.91. The van der Waals surface area contributed by atoms with Gasteiger partial charge >= 0.3 is 0 Å². The van der Waals surface area contributed by atoms with Gasteiger partial charge in [0.05, 0.1) is 0 Å². The molecule has 0 aromatic heterocycles. The number of benzene rings is 1. The molecule has 0 radical (unpaired) electrons. The molecule has 2 N–H and O–H groups in total. The van der Waals surface area contributed by atoms with Crippen molar-refractivity contribution < 1.29 is 14.3 Å². The molecule has 3 unspecified atom stereocenters. The van der Waals surface area contributed by atoms with Gasteiger partial charge in [0.25, 0.3) is 5.91 Å². The van der Waals surface area contributed by atoms with Gasteiger partial charge in [-0.3, -0.25) is 4.79 Å². The second-order valence-electron chi connectivity index (χ2n) is 5.77. The van der Waals surface area contributed by atoms with Gasteiger partial charge in [0, 0.05) is 21.4 Å². The SMILES string of the molecule is CC1CCCC(Sc2cc3c(cc2F)C(O)C(=O)N3)C1. The van der Waals surface area contributed by atoms with E-state index in [0.29, 0.717) is 27.3 Å². The number of thioether (sulfide) groups is 1. The molecule has 0 bridgehead atoms. The molecule has 3 nitrogen and oxygen atoms in total. The van der Waals surface area contributed by atoms with Crippen molar-refractivity contribution in [2.24, 2.45) is 5.92 Å². The molecule has 1 aliphatic heterocycles. The van der Waals surface area contributed by atoms with E-state index in [0.717, 1.165) is 12.8 Å². The first kappa shape index (κ1) is 13.9. The summed E-state index contributed by atoms with van der Waals surface area (Å²) in [6, 6.07) is 2.94. The number of rotatable bonds is 2. The molecule has 1 heterocycles. The highest BCUT2D eigenvalue weighted by Gasteiger charge is 2.30. The lowest BCUT2D eigenvalue weighted by Gasteiger charge is -2.26. The van der Waals surface area contributed by atoms with Gasteiger partial charge < -0.3 is 10.4 Å². The van der Waals surface area contributed by atoms with Crippen molar-refractivity contribution in [3.05, 3.63) is 23.5 Å². The highest BCUT2D eigenvalue weighted by atomic mass is 32.2. The van der Waals surface area contributed by atoms with Gasteiger partial charge in [-0.2, -0.15) is 0 Å². The number of hydrogen-bond donors (Lipinski definition) is 2. The number of aliphatic hydroxyl groups is 1. The van der Waals surface area contributed by atoms with Crippen LogP contribution in [0, 0.1) is 11.7 Å². The van der Waals surface area contributed by atoms with Crippen LogP contribution >= 0.6 is 11.8 Å². The van der Waals surface area contributed by atoms with Crippen LogP contribution in [0.3, 0.4) is 0 Å². The normalized spacial score (nSPS) is 29.1. The summed E-state index contributed by atoms with van der Waals surface area (Å²) in [5.41, 5.74) is 0.879. The van der Waals surface area contributed by atoms with Crippen molar-refractivity contribution in [1.82, 2.24) is 0 Å². The Morgan fingerprint density at radius 3 is 2.95 bits per heavy atom. The molecule has 20 heavy (non-hydrogen) atoms. The average molecular weight is 295 g/mol. The third kappa shape index (κ3) is 2.56. The second kappa shape index (κ2) is 5.37. The molecule has 1 aromatic carbocycles. The fourth-order valence-electron chi connectivity index (χ4n) is 3.00. The van der Waals surface area contributed by atoms with Gasteiger partial charge in [-0.05, 0) is 30.9 Å². The molecule has 1 amide bonds. The fourth-order valence-corrected chi connectivity index (χ4v) is 4.43. The maximum atomic E-state index is 14.1. The van der Waals surface area contributed by atoms with Crippen LogP contribution < -0.4 is 5.32 Å². The van der Waals surface area contributed by atoms with Crippen LogP contribution in [-0.2, 0) is 4.79 Å². The van der Waals surface area contributed by atoms with Crippen molar-refractivity contribution in [3.8, 4) is 0 Å². The predicted octanol–water partition coefficient (Wildman–Crippen LogP) is 3.48. The Labute approximate surface area is 121 Å².